The van der Waals surface area contributed by atoms with E-state index in [9.17, 15) is 0 Å². The van der Waals surface area contributed by atoms with Gasteiger partial charge in [-0.05, 0) is 74.7 Å². The molecule has 0 bridgehead atoms. The van der Waals surface area contributed by atoms with E-state index in [4.69, 9.17) is 0 Å². The first-order valence-corrected chi connectivity index (χ1v) is 7.82. The lowest BCUT2D eigenvalue weighted by atomic mass is 9.92. The number of piperidine rings is 1. The summed E-state index contributed by atoms with van der Waals surface area (Å²) in [5.41, 5.74) is 1.59. The van der Waals surface area contributed by atoms with Gasteiger partial charge in [-0.25, -0.2) is 0 Å². The Morgan fingerprint density at radius 3 is 3.24 bits per heavy atom. The second-order valence-electron chi connectivity index (χ2n) is 5.36. The van der Waals surface area contributed by atoms with E-state index >= 15 is 0 Å². The summed E-state index contributed by atoms with van der Waals surface area (Å²) >= 11 is 1.94. The van der Waals surface area contributed by atoms with Crippen molar-refractivity contribution >= 4 is 11.3 Å². The lowest BCUT2D eigenvalue weighted by Gasteiger charge is -2.28. The van der Waals surface area contributed by atoms with Gasteiger partial charge < -0.3 is 10.6 Å². The van der Waals surface area contributed by atoms with Gasteiger partial charge in [0.05, 0.1) is 0 Å². The van der Waals surface area contributed by atoms with Crippen LogP contribution in [0.15, 0.2) is 11.4 Å². The van der Waals surface area contributed by atoms with Gasteiger partial charge in [0.1, 0.15) is 0 Å². The van der Waals surface area contributed by atoms with E-state index in [0.717, 1.165) is 5.92 Å². The quantitative estimate of drug-likeness (QED) is 0.862. The molecule has 1 aromatic heterocycles. The number of aryl methyl sites for hydroxylation is 1. The highest BCUT2D eigenvalue weighted by Crippen LogP contribution is 2.33. The molecule has 2 atom stereocenters. The van der Waals surface area contributed by atoms with Gasteiger partial charge >= 0.3 is 0 Å². The van der Waals surface area contributed by atoms with Crippen molar-refractivity contribution in [2.75, 3.05) is 19.6 Å². The summed E-state index contributed by atoms with van der Waals surface area (Å²) < 4.78 is 0. The van der Waals surface area contributed by atoms with Gasteiger partial charge in [0.15, 0.2) is 0 Å². The number of rotatable bonds is 3. The fourth-order valence-corrected chi connectivity index (χ4v) is 4.09. The second kappa shape index (κ2) is 5.51. The van der Waals surface area contributed by atoms with E-state index in [0.29, 0.717) is 6.04 Å². The van der Waals surface area contributed by atoms with Crippen molar-refractivity contribution in [2.24, 2.45) is 5.92 Å². The Balaban J connectivity index is 1.56. The molecule has 3 heteroatoms. The number of nitrogens with one attached hydrogen (secondary N) is 2. The average Bonchev–Trinajstić information content (AvgIpc) is 2.86. The lowest BCUT2D eigenvalue weighted by molar-refractivity contribution is 0.334. The molecular formula is C14H22N2S. The van der Waals surface area contributed by atoms with Gasteiger partial charge in [-0.2, -0.15) is 0 Å². The van der Waals surface area contributed by atoms with Crippen LogP contribution in [0.3, 0.4) is 0 Å². The molecule has 0 spiro atoms. The zero-order chi connectivity index (χ0) is 11.5. The van der Waals surface area contributed by atoms with Crippen molar-refractivity contribution in [1.29, 1.82) is 0 Å². The van der Waals surface area contributed by atoms with Crippen LogP contribution in [0.4, 0.5) is 0 Å². The summed E-state index contributed by atoms with van der Waals surface area (Å²) in [7, 11) is 0. The average molecular weight is 250 g/mol. The van der Waals surface area contributed by atoms with Gasteiger partial charge in [-0.1, -0.05) is 0 Å². The van der Waals surface area contributed by atoms with Crippen LogP contribution in [-0.2, 0) is 6.42 Å². The summed E-state index contributed by atoms with van der Waals surface area (Å²) in [6.45, 7) is 3.61. The topological polar surface area (TPSA) is 24.1 Å². The first kappa shape index (κ1) is 11.7. The predicted molar refractivity (Wildman–Crippen MR) is 73.6 cm³/mol. The molecule has 2 nitrogen and oxygen atoms in total. The number of hydrogen-bond acceptors (Lipinski definition) is 3. The lowest BCUT2D eigenvalue weighted by Crippen LogP contribution is -2.37. The third-order valence-electron chi connectivity index (χ3n) is 4.10. The molecule has 2 N–H and O–H groups in total. The van der Waals surface area contributed by atoms with Crippen LogP contribution in [0, 0.1) is 5.92 Å². The zero-order valence-corrected chi connectivity index (χ0v) is 11.2. The Morgan fingerprint density at radius 1 is 1.35 bits per heavy atom. The number of fused-ring (bicyclic) bond motifs is 1. The fraction of sp³-hybridized carbons (Fsp3) is 0.714. The SMILES string of the molecule is c1cc2c(s1)CCCC2NCC1CCCNC1. The minimum atomic E-state index is 0.631. The first-order chi connectivity index (χ1) is 8.43. The van der Waals surface area contributed by atoms with Crippen LogP contribution in [0.5, 0.6) is 0 Å². The fourth-order valence-electron chi connectivity index (χ4n) is 3.11. The summed E-state index contributed by atoms with van der Waals surface area (Å²) in [5, 5.41) is 9.56. The molecule has 94 valence electrons. The van der Waals surface area contributed by atoms with Crippen molar-refractivity contribution in [1.82, 2.24) is 10.6 Å². The molecule has 1 fully saturated rings. The molecule has 1 aromatic rings. The molecule has 3 rings (SSSR count). The molecule has 2 unspecified atom stereocenters. The van der Waals surface area contributed by atoms with Crippen molar-refractivity contribution in [2.45, 2.75) is 38.1 Å². The van der Waals surface area contributed by atoms with E-state index in [1.54, 1.807) is 10.4 Å². The number of hydrogen-bond donors (Lipinski definition) is 2. The van der Waals surface area contributed by atoms with Crippen LogP contribution < -0.4 is 10.6 Å². The summed E-state index contributed by atoms with van der Waals surface area (Å²) in [6.07, 6.45) is 6.72. The first-order valence-electron chi connectivity index (χ1n) is 6.94. The van der Waals surface area contributed by atoms with Gasteiger partial charge in [0.25, 0.3) is 0 Å². The second-order valence-corrected chi connectivity index (χ2v) is 6.37. The minimum Gasteiger partial charge on any atom is -0.316 e. The Hall–Kier alpha value is -0.380. The highest BCUT2D eigenvalue weighted by Gasteiger charge is 2.22. The van der Waals surface area contributed by atoms with Gasteiger partial charge in [-0.3, -0.25) is 0 Å². The van der Waals surface area contributed by atoms with Crippen LogP contribution in [0.25, 0.3) is 0 Å². The highest BCUT2D eigenvalue weighted by molar-refractivity contribution is 7.10. The maximum absolute atomic E-state index is 3.80. The Labute approximate surface area is 108 Å². The molecular weight excluding hydrogens is 228 g/mol. The minimum absolute atomic E-state index is 0.631. The van der Waals surface area contributed by atoms with Crippen molar-refractivity contribution in [3.63, 3.8) is 0 Å². The molecule has 2 aliphatic rings. The molecule has 1 aliphatic heterocycles. The molecule has 0 radical (unpaired) electrons. The van der Waals surface area contributed by atoms with Gasteiger partial charge in [0, 0.05) is 10.9 Å². The Morgan fingerprint density at radius 2 is 2.35 bits per heavy atom. The molecule has 0 amide bonds. The molecule has 2 heterocycles. The van der Waals surface area contributed by atoms with Crippen molar-refractivity contribution in [3.8, 4) is 0 Å². The molecule has 0 aromatic carbocycles. The van der Waals surface area contributed by atoms with E-state index in [2.05, 4.69) is 22.1 Å². The third kappa shape index (κ3) is 2.72. The normalized spacial score (nSPS) is 28.9. The molecule has 1 saturated heterocycles. The van der Waals surface area contributed by atoms with E-state index in [1.165, 1.54) is 51.7 Å². The standard InChI is InChI=1S/C14H22N2S/c1-4-13(12-6-8-17-14(12)5-1)16-10-11-3-2-7-15-9-11/h6,8,11,13,15-16H,1-5,7,9-10H2. The van der Waals surface area contributed by atoms with E-state index in [1.807, 2.05) is 11.3 Å². The third-order valence-corrected chi connectivity index (χ3v) is 5.10. The van der Waals surface area contributed by atoms with Gasteiger partial charge in [0.2, 0.25) is 0 Å². The van der Waals surface area contributed by atoms with E-state index in [-0.39, 0.29) is 0 Å². The highest BCUT2D eigenvalue weighted by atomic mass is 32.1. The summed E-state index contributed by atoms with van der Waals surface area (Å²) in [6, 6.07) is 2.96. The monoisotopic (exact) mass is 250 g/mol. The maximum Gasteiger partial charge on any atom is 0.0331 e. The summed E-state index contributed by atoms with van der Waals surface area (Å²) in [4.78, 5) is 1.62. The van der Waals surface area contributed by atoms with Crippen molar-refractivity contribution in [3.05, 3.63) is 21.9 Å². The van der Waals surface area contributed by atoms with Crippen LogP contribution in [-0.4, -0.2) is 19.6 Å². The largest absolute Gasteiger partial charge is 0.316 e. The van der Waals surface area contributed by atoms with Gasteiger partial charge in [-0.15, -0.1) is 11.3 Å². The maximum atomic E-state index is 3.80. The van der Waals surface area contributed by atoms with Crippen LogP contribution in [0.2, 0.25) is 0 Å². The molecule has 0 saturated carbocycles. The predicted octanol–water partition coefficient (Wildman–Crippen LogP) is 2.71. The van der Waals surface area contributed by atoms with E-state index < -0.39 is 0 Å². The van der Waals surface area contributed by atoms with Crippen molar-refractivity contribution < 1.29 is 0 Å². The zero-order valence-electron chi connectivity index (χ0n) is 10.4. The Kier molecular flexibility index (Phi) is 3.79. The number of thiophene rings is 1. The van der Waals surface area contributed by atoms with Crippen LogP contribution in [0.1, 0.15) is 42.2 Å². The smallest absolute Gasteiger partial charge is 0.0331 e. The molecule has 1 aliphatic carbocycles. The summed E-state index contributed by atoms with van der Waals surface area (Å²) in [5.74, 6) is 0.841. The van der Waals surface area contributed by atoms with Crippen LogP contribution >= 0.6 is 11.3 Å². The Bertz CT molecular complexity index is 355. The molecule has 17 heavy (non-hydrogen) atoms.